The van der Waals surface area contributed by atoms with Gasteiger partial charge in [0.15, 0.2) is 5.13 Å². The van der Waals surface area contributed by atoms with Gasteiger partial charge in [0.1, 0.15) is 9.71 Å². The Hall–Kier alpha value is -1.67. The van der Waals surface area contributed by atoms with Gasteiger partial charge < -0.3 is 14.4 Å². The molecule has 1 aliphatic heterocycles. The predicted molar refractivity (Wildman–Crippen MR) is 85.8 cm³/mol. The van der Waals surface area contributed by atoms with Crippen molar-refractivity contribution in [3.05, 3.63) is 10.9 Å². The van der Waals surface area contributed by atoms with Crippen LogP contribution in [-0.4, -0.2) is 42.7 Å². The molecule has 2 aromatic rings. The van der Waals surface area contributed by atoms with Crippen LogP contribution < -0.4 is 4.90 Å². The number of carbonyl (C=O) groups is 2. The van der Waals surface area contributed by atoms with Crippen LogP contribution in [0.4, 0.5) is 5.13 Å². The van der Waals surface area contributed by atoms with Gasteiger partial charge in [-0.05, 0) is 19.9 Å². The quantitative estimate of drug-likeness (QED) is 0.780. The number of fused-ring (bicyclic) bond motifs is 1. The Kier molecular flexibility index (Phi) is 4.30. The van der Waals surface area contributed by atoms with E-state index in [9.17, 15) is 9.59 Å². The van der Waals surface area contributed by atoms with Crippen LogP contribution in [0.5, 0.6) is 0 Å². The zero-order chi connectivity index (χ0) is 15.7. The van der Waals surface area contributed by atoms with E-state index in [4.69, 9.17) is 9.47 Å². The van der Waals surface area contributed by atoms with Crippen LogP contribution in [0.3, 0.4) is 0 Å². The standard InChI is InChI=1S/C14H16N2O4S2/c1-3-16(4-2)14-15-11-9(22-14)7-10(21-11)13(18)20-8-5-6-19-12(8)17/h7-8H,3-6H2,1-2H3/t8-/m1/s1. The van der Waals surface area contributed by atoms with Crippen LogP contribution in [-0.2, 0) is 14.3 Å². The summed E-state index contributed by atoms with van der Waals surface area (Å²) < 4.78 is 10.9. The van der Waals surface area contributed by atoms with Crippen molar-refractivity contribution in [3.63, 3.8) is 0 Å². The van der Waals surface area contributed by atoms with E-state index in [-0.39, 0.29) is 0 Å². The molecule has 1 saturated heterocycles. The van der Waals surface area contributed by atoms with Crippen LogP contribution in [0, 0.1) is 0 Å². The first-order chi connectivity index (χ1) is 10.6. The number of rotatable bonds is 5. The first kappa shape index (κ1) is 15.2. The Morgan fingerprint density at radius 3 is 2.82 bits per heavy atom. The molecule has 0 radical (unpaired) electrons. The van der Waals surface area contributed by atoms with Crippen molar-refractivity contribution < 1.29 is 19.1 Å². The van der Waals surface area contributed by atoms with E-state index < -0.39 is 18.0 Å². The lowest BCUT2D eigenvalue weighted by Crippen LogP contribution is -2.22. The number of nitrogens with zero attached hydrogens (tertiary/aromatic N) is 2. The van der Waals surface area contributed by atoms with Crippen molar-refractivity contribution >= 4 is 49.3 Å². The summed E-state index contributed by atoms with van der Waals surface area (Å²) >= 11 is 2.86. The number of aromatic nitrogens is 1. The van der Waals surface area contributed by atoms with E-state index >= 15 is 0 Å². The molecule has 22 heavy (non-hydrogen) atoms. The molecule has 6 nitrogen and oxygen atoms in total. The molecular weight excluding hydrogens is 324 g/mol. The highest BCUT2D eigenvalue weighted by Crippen LogP contribution is 2.35. The second-order valence-electron chi connectivity index (χ2n) is 4.80. The van der Waals surface area contributed by atoms with E-state index in [1.807, 2.05) is 0 Å². The summed E-state index contributed by atoms with van der Waals surface area (Å²) in [5.41, 5.74) is 0. The summed E-state index contributed by atoms with van der Waals surface area (Å²) in [6, 6.07) is 1.79. The molecule has 1 aliphatic rings. The average Bonchev–Trinajstić information content (AvgIpc) is 3.16. The lowest BCUT2D eigenvalue weighted by Gasteiger charge is -2.16. The van der Waals surface area contributed by atoms with Crippen molar-refractivity contribution in [1.82, 2.24) is 4.98 Å². The summed E-state index contributed by atoms with van der Waals surface area (Å²) in [6.45, 7) is 6.28. The molecule has 0 aromatic carbocycles. The minimum absolute atomic E-state index is 0.311. The zero-order valence-electron chi connectivity index (χ0n) is 12.3. The summed E-state index contributed by atoms with van der Waals surface area (Å²) in [6.07, 6.45) is -0.346. The van der Waals surface area contributed by atoms with Crippen molar-refractivity contribution in [1.29, 1.82) is 0 Å². The number of esters is 2. The summed E-state index contributed by atoms with van der Waals surface area (Å²) in [5.74, 6) is -0.947. The molecule has 118 valence electrons. The van der Waals surface area contributed by atoms with Gasteiger partial charge in [-0.1, -0.05) is 11.3 Å². The minimum atomic E-state index is -0.771. The van der Waals surface area contributed by atoms with E-state index in [0.29, 0.717) is 17.9 Å². The number of ether oxygens (including phenoxy) is 2. The first-order valence-corrected chi connectivity index (χ1v) is 8.78. The summed E-state index contributed by atoms with van der Waals surface area (Å²) in [5, 5.41) is 0.963. The molecule has 1 atom stereocenters. The summed E-state index contributed by atoms with van der Waals surface area (Å²) in [4.78, 5) is 31.5. The molecule has 1 fully saturated rings. The highest BCUT2D eigenvalue weighted by Gasteiger charge is 2.31. The van der Waals surface area contributed by atoms with E-state index in [1.54, 1.807) is 17.4 Å². The fourth-order valence-corrected chi connectivity index (χ4v) is 4.45. The number of cyclic esters (lactones) is 1. The molecule has 3 heterocycles. The fraction of sp³-hybridized carbons (Fsp3) is 0.500. The zero-order valence-corrected chi connectivity index (χ0v) is 14.0. The molecule has 0 N–H and O–H groups in total. The van der Waals surface area contributed by atoms with Gasteiger partial charge in [0.05, 0.1) is 11.3 Å². The number of hydrogen-bond acceptors (Lipinski definition) is 8. The third-order valence-electron chi connectivity index (χ3n) is 3.45. The van der Waals surface area contributed by atoms with Crippen LogP contribution >= 0.6 is 22.7 Å². The van der Waals surface area contributed by atoms with Gasteiger partial charge in [-0.15, -0.1) is 11.3 Å². The van der Waals surface area contributed by atoms with Gasteiger partial charge >= 0.3 is 11.9 Å². The maximum atomic E-state index is 12.1. The van der Waals surface area contributed by atoms with Gasteiger partial charge in [-0.2, -0.15) is 0 Å². The molecule has 0 aliphatic carbocycles. The molecular formula is C14H16N2O4S2. The Labute approximate surface area is 135 Å². The largest absolute Gasteiger partial charge is 0.463 e. The number of anilines is 1. The molecule has 2 aromatic heterocycles. The number of thiophene rings is 1. The third-order valence-corrected chi connectivity index (χ3v) is 5.65. The van der Waals surface area contributed by atoms with E-state index in [2.05, 4.69) is 23.7 Å². The summed E-state index contributed by atoms with van der Waals surface area (Å²) in [7, 11) is 0. The lowest BCUT2D eigenvalue weighted by molar-refractivity contribution is -0.145. The Balaban J connectivity index is 1.76. The van der Waals surface area contributed by atoms with Crippen LogP contribution in [0.2, 0.25) is 0 Å². The van der Waals surface area contributed by atoms with Gasteiger partial charge in [0.2, 0.25) is 6.10 Å². The normalized spacial score (nSPS) is 17.7. The SMILES string of the molecule is CCN(CC)c1nc2sc(C(=O)O[C@@H]3CCOC3=O)cc2s1. The van der Waals surface area contributed by atoms with Crippen molar-refractivity contribution in [2.24, 2.45) is 0 Å². The third kappa shape index (κ3) is 2.80. The highest BCUT2D eigenvalue weighted by atomic mass is 32.1. The first-order valence-electron chi connectivity index (χ1n) is 7.15. The lowest BCUT2D eigenvalue weighted by atomic mass is 10.3. The molecule has 8 heteroatoms. The fourth-order valence-electron chi connectivity index (χ4n) is 2.23. The van der Waals surface area contributed by atoms with Crippen molar-refractivity contribution in [3.8, 4) is 0 Å². The van der Waals surface area contributed by atoms with Gasteiger partial charge in [0.25, 0.3) is 0 Å². The Morgan fingerprint density at radius 2 is 2.23 bits per heavy atom. The molecule has 0 bridgehead atoms. The minimum Gasteiger partial charge on any atom is -0.463 e. The molecule has 3 rings (SSSR count). The number of hydrogen-bond donors (Lipinski definition) is 0. The van der Waals surface area contributed by atoms with Crippen molar-refractivity contribution in [2.75, 3.05) is 24.6 Å². The number of thiazole rings is 1. The highest BCUT2D eigenvalue weighted by molar-refractivity contribution is 7.29. The molecule has 0 amide bonds. The second-order valence-corrected chi connectivity index (χ2v) is 6.84. The van der Waals surface area contributed by atoms with Crippen molar-refractivity contribution in [2.45, 2.75) is 26.4 Å². The maximum absolute atomic E-state index is 12.1. The van der Waals surface area contributed by atoms with E-state index in [1.165, 1.54) is 11.3 Å². The Morgan fingerprint density at radius 1 is 1.45 bits per heavy atom. The van der Waals surface area contributed by atoms with Gasteiger partial charge in [0, 0.05) is 19.5 Å². The van der Waals surface area contributed by atoms with Crippen LogP contribution in [0.25, 0.3) is 9.53 Å². The van der Waals surface area contributed by atoms with E-state index in [0.717, 1.165) is 27.8 Å². The molecule has 0 spiro atoms. The Bertz CT molecular complexity index is 673. The number of carbonyl (C=O) groups excluding carboxylic acids is 2. The smallest absolute Gasteiger partial charge is 0.349 e. The maximum Gasteiger partial charge on any atom is 0.349 e. The molecule has 0 saturated carbocycles. The topological polar surface area (TPSA) is 68.7 Å². The van der Waals surface area contributed by atoms with Gasteiger partial charge in [-0.3, -0.25) is 0 Å². The monoisotopic (exact) mass is 340 g/mol. The van der Waals surface area contributed by atoms with Crippen LogP contribution in [0.15, 0.2) is 6.07 Å². The molecule has 0 unspecified atom stereocenters. The van der Waals surface area contributed by atoms with Gasteiger partial charge in [-0.25, -0.2) is 14.6 Å². The second kappa shape index (κ2) is 6.21. The average molecular weight is 340 g/mol. The predicted octanol–water partition coefficient (Wildman–Crippen LogP) is 2.68. The van der Waals surface area contributed by atoms with Crippen LogP contribution in [0.1, 0.15) is 29.9 Å².